The Morgan fingerprint density at radius 1 is 1.12 bits per heavy atom. The molecule has 16 heavy (non-hydrogen) atoms. The number of halogens is 3. The van der Waals surface area contributed by atoms with Crippen LogP contribution in [0.15, 0.2) is 30.3 Å². The zero-order valence-corrected chi connectivity index (χ0v) is 9.22. The molecule has 2 rings (SSSR count). The summed E-state index contributed by atoms with van der Waals surface area (Å²) in [7, 11) is 0. The summed E-state index contributed by atoms with van der Waals surface area (Å²) >= 11 is 5.82. The molecule has 0 fully saturated rings. The van der Waals surface area contributed by atoms with Crippen molar-refractivity contribution >= 4 is 11.6 Å². The van der Waals surface area contributed by atoms with Gasteiger partial charge in [0.15, 0.2) is 0 Å². The molecule has 4 heteroatoms. The molecule has 82 valence electrons. The molecule has 0 saturated carbocycles. The fourth-order valence-corrected chi connectivity index (χ4v) is 1.51. The minimum Gasteiger partial charge on any atom is -0.233 e. The Morgan fingerprint density at radius 3 is 2.38 bits per heavy atom. The van der Waals surface area contributed by atoms with Crippen molar-refractivity contribution in [2.24, 2.45) is 0 Å². The molecule has 0 spiro atoms. The number of nitrogens with zero attached hydrogens (tertiary/aromatic N) is 1. The van der Waals surface area contributed by atoms with Crippen LogP contribution in [0.4, 0.5) is 8.78 Å². The second kappa shape index (κ2) is 4.18. The summed E-state index contributed by atoms with van der Waals surface area (Å²) in [5, 5.41) is 0.251. The van der Waals surface area contributed by atoms with Crippen LogP contribution in [-0.2, 0) is 0 Å². The lowest BCUT2D eigenvalue weighted by molar-refractivity contribution is 0.622. The van der Waals surface area contributed by atoms with Crippen molar-refractivity contribution in [2.45, 2.75) is 6.92 Å². The van der Waals surface area contributed by atoms with Gasteiger partial charge >= 0.3 is 0 Å². The van der Waals surface area contributed by atoms with Crippen LogP contribution >= 0.6 is 11.6 Å². The van der Waals surface area contributed by atoms with Crippen LogP contribution in [0.1, 0.15) is 5.56 Å². The van der Waals surface area contributed by atoms with Gasteiger partial charge in [-0.25, -0.2) is 13.8 Å². The van der Waals surface area contributed by atoms with Crippen LogP contribution in [-0.4, -0.2) is 4.98 Å². The Bertz CT molecular complexity index is 523. The molecular weight excluding hydrogens is 232 g/mol. The molecule has 0 bridgehead atoms. The van der Waals surface area contributed by atoms with E-state index in [0.717, 1.165) is 0 Å². The van der Waals surface area contributed by atoms with Crippen LogP contribution in [0, 0.1) is 18.6 Å². The molecule has 2 aromatic rings. The summed E-state index contributed by atoms with van der Waals surface area (Å²) < 4.78 is 26.3. The van der Waals surface area contributed by atoms with Crippen molar-refractivity contribution in [2.75, 3.05) is 0 Å². The topological polar surface area (TPSA) is 12.9 Å². The molecule has 0 aliphatic rings. The van der Waals surface area contributed by atoms with Gasteiger partial charge in [0.05, 0.1) is 0 Å². The maximum Gasteiger partial charge on any atom is 0.149 e. The van der Waals surface area contributed by atoms with Crippen LogP contribution in [0.5, 0.6) is 0 Å². The van der Waals surface area contributed by atoms with E-state index in [1.54, 1.807) is 6.92 Å². The van der Waals surface area contributed by atoms with E-state index in [4.69, 9.17) is 11.6 Å². The SMILES string of the molecule is Cc1cc(F)c(-c2ccc(F)cc2)nc1Cl. The van der Waals surface area contributed by atoms with Gasteiger partial charge < -0.3 is 0 Å². The number of benzene rings is 1. The molecule has 0 saturated heterocycles. The first-order valence-electron chi connectivity index (χ1n) is 4.66. The molecule has 0 atom stereocenters. The highest BCUT2D eigenvalue weighted by Gasteiger charge is 2.10. The fourth-order valence-electron chi connectivity index (χ4n) is 1.37. The molecule has 1 heterocycles. The third-order valence-electron chi connectivity index (χ3n) is 2.22. The molecule has 0 radical (unpaired) electrons. The van der Waals surface area contributed by atoms with Crippen LogP contribution < -0.4 is 0 Å². The molecule has 0 aliphatic heterocycles. The second-order valence-electron chi connectivity index (χ2n) is 3.43. The number of aryl methyl sites for hydroxylation is 1. The lowest BCUT2D eigenvalue weighted by atomic mass is 10.1. The number of aromatic nitrogens is 1. The van der Waals surface area contributed by atoms with Gasteiger partial charge in [-0.3, -0.25) is 0 Å². The Hall–Kier alpha value is -1.48. The lowest BCUT2D eigenvalue weighted by Crippen LogP contribution is -1.92. The summed E-state index contributed by atoms with van der Waals surface area (Å²) in [6, 6.07) is 6.75. The van der Waals surface area contributed by atoms with E-state index in [1.165, 1.54) is 30.3 Å². The van der Waals surface area contributed by atoms with Crippen LogP contribution in [0.3, 0.4) is 0 Å². The smallest absolute Gasteiger partial charge is 0.149 e. The summed E-state index contributed by atoms with van der Waals surface area (Å²) in [6.45, 7) is 1.67. The average molecular weight is 240 g/mol. The molecule has 0 amide bonds. The van der Waals surface area contributed by atoms with E-state index in [-0.39, 0.29) is 16.7 Å². The van der Waals surface area contributed by atoms with Gasteiger partial charge in [-0.15, -0.1) is 0 Å². The van der Waals surface area contributed by atoms with Gasteiger partial charge in [0.1, 0.15) is 22.5 Å². The molecule has 1 aromatic carbocycles. The Morgan fingerprint density at radius 2 is 1.75 bits per heavy atom. The summed E-state index contributed by atoms with van der Waals surface area (Å²) in [4.78, 5) is 3.94. The molecule has 0 aliphatic carbocycles. The van der Waals surface area contributed by atoms with Gasteiger partial charge in [-0.2, -0.15) is 0 Å². The van der Waals surface area contributed by atoms with Gasteiger partial charge in [-0.05, 0) is 42.8 Å². The summed E-state index contributed by atoms with van der Waals surface area (Å²) in [5.41, 5.74) is 1.21. The maximum atomic E-state index is 13.6. The standard InChI is InChI=1S/C12H8ClF2N/c1-7-6-10(15)11(16-12(7)13)8-2-4-9(14)5-3-8/h2-6H,1H3. The summed E-state index contributed by atoms with van der Waals surface area (Å²) in [5.74, 6) is -0.837. The molecular formula is C12H8ClF2N. The van der Waals surface area contributed by atoms with E-state index in [2.05, 4.69) is 4.98 Å². The monoisotopic (exact) mass is 239 g/mol. The molecule has 1 aromatic heterocycles. The van der Waals surface area contributed by atoms with Crippen LogP contribution in [0.25, 0.3) is 11.3 Å². The van der Waals surface area contributed by atoms with E-state index in [0.29, 0.717) is 11.1 Å². The minimum atomic E-state index is -0.464. The number of pyridine rings is 1. The third-order valence-corrected chi connectivity index (χ3v) is 2.61. The Balaban J connectivity index is 2.56. The van der Waals surface area contributed by atoms with E-state index >= 15 is 0 Å². The molecule has 1 nitrogen and oxygen atoms in total. The van der Waals surface area contributed by atoms with Crippen molar-refractivity contribution in [1.29, 1.82) is 0 Å². The van der Waals surface area contributed by atoms with E-state index in [1.807, 2.05) is 0 Å². The van der Waals surface area contributed by atoms with Gasteiger partial charge in [0.25, 0.3) is 0 Å². The predicted molar refractivity (Wildman–Crippen MR) is 59.3 cm³/mol. The highest BCUT2D eigenvalue weighted by Crippen LogP contribution is 2.24. The minimum absolute atomic E-state index is 0.135. The highest BCUT2D eigenvalue weighted by atomic mass is 35.5. The number of hydrogen-bond acceptors (Lipinski definition) is 1. The normalized spacial score (nSPS) is 10.5. The number of hydrogen-bond donors (Lipinski definition) is 0. The van der Waals surface area contributed by atoms with Crippen molar-refractivity contribution in [1.82, 2.24) is 4.98 Å². The van der Waals surface area contributed by atoms with E-state index in [9.17, 15) is 8.78 Å². The quantitative estimate of drug-likeness (QED) is 0.686. The average Bonchev–Trinajstić information content (AvgIpc) is 2.25. The first-order chi connectivity index (χ1) is 7.58. The Kier molecular flexibility index (Phi) is 2.88. The van der Waals surface area contributed by atoms with Gasteiger partial charge in [-0.1, -0.05) is 11.6 Å². The van der Waals surface area contributed by atoms with Crippen molar-refractivity contribution in [3.05, 3.63) is 52.7 Å². The number of rotatable bonds is 1. The van der Waals surface area contributed by atoms with E-state index < -0.39 is 5.82 Å². The zero-order chi connectivity index (χ0) is 11.7. The predicted octanol–water partition coefficient (Wildman–Crippen LogP) is 3.99. The van der Waals surface area contributed by atoms with Crippen molar-refractivity contribution in [3.8, 4) is 11.3 Å². The van der Waals surface area contributed by atoms with Gasteiger partial charge in [0.2, 0.25) is 0 Å². The van der Waals surface area contributed by atoms with Crippen molar-refractivity contribution < 1.29 is 8.78 Å². The fraction of sp³-hybridized carbons (Fsp3) is 0.0833. The van der Waals surface area contributed by atoms with Crippen molar-refractivity contribution in [3.63, 3.8) is 0 Å². The highest BCUT2D eigenvalue weighted by molar-refractivity contribution is 6.30. The largest absolute Gasteiger partial charge is 0.233 e. The molecule has 0 N–H and O–H groups in total. The lowest BCUT2D eigenvalue weighted by Gasteiger charge is -2.05. The summed E-state index contributed by atoms with van der Waals surface area (Å²) in [6.07, 6.45) is 0. The first-order valence-corrected chi connectivity index (χ1v) is 5.04. The first kappa shape index (κ1) is 11.0. The second-order valence-corrected chi connectivity index (χ2v) is 3.79. The zero-order valence-electron chi connectivity index (χ0n) is 8.47. The van der Waals surface area contributed by atoms with Crippen LogP contribution in [0.2, 0.25) is 5.15 Å². The molecule has 0 unspecified atom stereocenters. The third kappa shape index (κ3) is 2.04. The Labute approximate surface area is 96.7 Å². The maximum absolute atomic E-state index is 13.6. The van der Waals surface area contributed by atoms with Gasteiger partial charge in [0, 0.05) is 5.56 Å².